The van der Waals surface area contributed by atoms with E-state index < -0.39 is 17.6 Å². The zero-order valence-corrected chi connectivity index (χ0v) is 22.8. The van der Waals surface area contributed by atoms with Crippen LogP contribution in [0.2, 0.25) is 12.1 Å². The van der Waals surface area contributed by atoms with E-state index in [1.54, 1.807) is 28.4 Å². The van der Waals surface area contributed by atoms with E-state index in [0.717, 1.165) is 0 Å². The van der Waals surface area contributed by atoms with Crippen LogP contribution < -0.4 is 10.6 Å². The zero-order valence-electron chi connectivity index (χ0n) is 20.8. The van der Waals surface area contributed by atoms with Crippen LogP contribution in [0.3, 0.4) is 0 Å². The molecule has 0 unspecified atom stereocenters. The monoisotopic (exact) mass is 497 g/mol. The minimum atomic E-state index is -2.71. The van der Waals surface area contributed by atoms with Gasteiger partial charge in [-0.1, -0.05) is 0 Å². The maximum Gasteiger partial charge on any atom is 0.500 e. The summed E-state index contributed by atoms with van der Waals surface area (Å²) in [6.07, 6.45) is 1.30. The Balaban J connectivity index is 4.28. The first-order chi connectivity index (χ1) is 15.3. The molecular formula is C19H43N3O8Si2. The predicted molar refractivity (Wildman–Crippen MR) is 125 cm³/mol. The standard InChI is InChI=1S/C19H43N3O8Si2/c1-8-28-32(29-9-2,30-10-3)16-12-14-21-19(24)22(4)17-18(23)20-13-11-15-31(25-5,26-6)27-7/h8-17H2,1-7H3,(H,20,23)(H,21,24). The number of nitrogens with one attached hydrogen (secondary N) is 2. The molecule has 0 saturated carbocycles. The first-order valence-electron chi connectivity index (χ1n) is 11.1. The normalized spacial score (nSPS) is 12.0. The lowest BCUT2D eigenvalue weighted by molar-refractivity contribution is -0.121. The lowest BCUT2D eigenvalue weighted by atomic mass is 10.4. The number of likely N-dealkylation sites (N-methyl/N-ethyl adjacent to an activating group) is 1. The summed E-state index contributed by atoms with van der Waals surface area (Å²) in [6, 6.07) is 0.881. The summed E-state index contributed by atoms with van der Waals surface area (Å²) in [5.74, 6) is -0.238. The van der Waals surface area contributed by atoms with Gasteiger partial charge in [0.05, 0.1) is 0 Å². The van der Waals surface area contributed by atoms with Gasteiger partial charge in [-0.15, -0.1) is 0 Å². The van der Waals surface area contributed by atoms with Crippen molar-refractivity contribution in [3.63, 3.8) is 0 Å². The molecule has 0 atom stereocenters. The van der Waals surface area contributed by atoms with Crippen LogP contribution in [0.25, 0.3) is 0 Å². The molecule has 0 aliphatic carbocycles. The number of urea groups is 1. The number of amides is 3. The summed E-state index contributed by atoms with van der Waals surface area (Å²) in [7, 11) is 0.885. The predicted octanol–water partition coefficient (Wildman–Crippen LogP) is 1.45. The van der Waals surface area contributed by atoms with Gasteiger partial charge in [0.1, 0.15) is 6.54 Å². The molecule has 0 aromatic carbocycles. The van der Waals surface area contributed by atoms with Crippen LogP contribution >= 0.6 is 0 Å². The molecule has 0 saturated heterocycles. The molecule has 3 amide bonds. The average Bonchev–Trinajstić information content (AvgIpc) is 2.77. The summed E-state index contributed by atoms with van der Waals surface area (Å²) in [5, 5.41) is 5.61. The molecule has 0 heterocycles. The molecule has 0 aromatic rings. The van der Waals surface area contributed by atoms with Crippen LogP contribution in [0.1, 0.15) is 33.6 Å². The van der Waals surface area contributed by atoms with Crippen molar-refractivity contribution in [2.24, 2.45) is 0 Å². The summed E-state index contributed by atoms with van der Waals surface area (Å²) in [5.41, 5.74) is 0. The first kappa shape index (κ1) is 30.9. The third-order valence-corrected chi connectivity index (χ3v) is 10.7. The van der Waals surface area contributed by atoms with Gasteiger partial charge >= 0.3 is 23.6 Å². The van der Waals surface area contributed by atoms with Crippen molar-refractivity contribution in [1.29, 1.82) is 0 Å². The highest BCUT2D eigenvalue weighted by Gasteiger charge is 2.39. The van der Waals surface area contributed by atoms with Crippen molar-refractivity contribution in [2.75, 3.05) is 67.8 Å². The highest BCUT2D eigenvalue weighted by Crippen LogP contribution is 2.18. The molecule has 0 rings (SSSR count). The number of carbonyl (C=O) groups excluding carboxylic acids is 2. The quantitative estimate of drug-likeness (QED) is 0.203. The Bertz CT molecular complexity index is 502. The fourth-order valence-corrected chi connectivity index (χ4v) is 7.40. The number of hydrogen-bond acceptors (Lipinski definition) is 8. The Morgan fingerprint density at radius 2 is 1.19 bits per heavy atom. The van der Waals surface area contributed by atoms with Crippen LogP contribution in [0.4, 0.5) is 4.79 Å². The fourth-order valence-electron chi connectivity index (χ4n) is 3.07. The van der Waals surface area contributed by atoms with Crippen molar-refractivity contribution >= 4 is 29.5 Å². The van der Waals surface area contributed by atoms with E-state index in [-0.39, 0.29) is 18.5 Å². The van der Waals surface area contributed by atoms with Crippen LogP contribution in [0.5, 0.6) is 0 Å². The van der Waals surface area contributed by atoms with Crippen molar-refractivity contribution < 1.29 is 36.1 Å². The van der Waals surface area contributed by atoms with Gasteiger partial charge in [0, 0.05) is 73.4 Å². The molecule has 0 aromatic heterocycles. The van der Waals surface area contributed by atoms with Gasteiger partial charge in [0.15, 0.2) is 0 Å². The molecule has 0 aliphatic rings. The molecule has 0 fully saturated rings. The van der Waals surface area contributed by atoms with Crippen molar-refractivity contribution in [2.45, 2.75) is 45.7 Å². The number of carbonyl (C=O) groups is 2. The van der Waals surface area contributed by atoms with E-state index in [1.165, 1.54) is 4.90 Å². The van der Waals surface area contributed by atoms with Gasteiger partial charge < -0.3 is 42.1 Å². The maximum atomic E-state index is 12.3. The maximum absolute atomic E-state index is 12.3. The van der Waals surface area contributed by atoms with Crippen molar-refractivity contribution in [1.82, 2.24) is 15.5 Å². The van der Waals surface area contributed by atoms with Gasteiger partial charge in [-0.2, -0.15) is 0 Å². The second-order valence-electron chi connectivity index (χ2n) is 6.92. The van der Waals surface area contributed by atoms with Crippen LogP contribution in [-0.2, 0) is 31.4 Å². The van der Waals surface area contributed by atoms with Crippen LogP contribution in [0.15, 0.2) is 0 Å². The Hall–Kier alpha value is -1.07. The molecule has 190 valence electrons. The molecule has 2 N–H and O–H groups in total. The van der Waals surface area contributed by atoms with Gasteiger partial charge in [-0.3, -0.25) is 4.79 Å². The molecule has 11 nitrogen and oxygen atoms in total. The van der Waals surface area contributed by atoms with Crippen molar-refractivity contribution in [3.05, 3.63) is 0 Å². The molecule has 32 heavy (non-hydrogen) atoms. The van der Waals surface area contributed by atoms with E-state index in [0.29, 0.717) is 57.8 Å². The Morgan fingerprint density at radius 3 is 1.62 bits per heavy atom. The third-order valence-electron chi connectivity index (χ3n) is 4.67. The minimum absolute atomic E-state index is 0.0389. The van der Waals surface area contributed by atoms with Crippen LogP contribution in [0, 0.1) is 0 Å². The number of nitrogens with zero attached hydrogens (tertiary/aromatic N) is 1. The summed E-state index contributed by atoms with van der Waals surface area (Å²) in [6.45, 7) is 8.11. The SMILES string of the molecule is CCO[Si](CCCNC(=O)N(C)CC(=O)NCCC[Si](OC)(OC)OC)(OCC)OCC. The molecule has 0 radical (unpaired) electrons. The lowest BCUT2D eigenvalue weighted by Crippen LogP contribution is -2.47. The first-order valence-corrected chi connectivity index (χ1v) is 15.0. The van der Waals surface area contributed by atoms with E-state index in [9.17, 15) is 9.59 Å². The average molecular weight is 498 g/mol. The van der Waals surface area contributed by atoms with E-state index in [1.807, 2.05) is 20.8 Å². The Morgan fingerprint density at radius 1 is 0.750 bits per heavy atom. The second-order valence-corrected chi connectivity index (χ2v) is 12.7. The van der Waals surface area contributed by atoms with Gasteiger partial charge in [0.2, 0.25) is 5.91 Å². The third kappa shape index (κ3) is 11.7. The molecule has 0 bridgehead atoms. The lowest BCUT2D eigenvalue weighted by Gasteiger charge is -2.28. The highest BCUT2D eigenvalue weighted by atomic mass is 28.4. The summed E-state index contributed by atoms with van der Waals surface area (Å²) < 4.78 is 33.5. The van der Waals surface area contributed by atoms with Gasteiger partial charge in [-0.05, 0) is 33.6 Å². The second kappa shape index (κ2) is 17.4. The number of hydrogen-bond donors (Lipinski definition) is 2. The van der Waals surface area contributed by atoms with E-state index in [2.05, 4.69) is 10.6 Å². The topological polar surface area (TPSA) is 117 Å². The molecule has 0 aliphatic heterocycles. The Kier molecular flexibility index (Phi) is 16.8. The molecular weight excluding hydrogens is 454 g/mol. The number of rotatable bonds is 19. The fraction of sp³-hybridized carbons (Fsp3) is 0.895. The van der Waals surface area contributed by atoms with Gasteiger partial charge in [-0.25, -0.2) is 4.79 Å². The van der Waals surface area contributed by atoms with Crippen molar-refractivity contribution in [3.8, 4) is 0 Å². The molecule has 0 spiro atoms. The highest BCUT2D eigenvalue weighted by molar-refractivity contribution is 6.61. The summed E-state index contributed by atoms with van der Waals surface area (Å²) in [4.78, 5) is 25.7. The van der Waals surface area contributed by atoms with E-state index in [4.69, 9.17) is 26.6 Å². The summed E-state index contributed by atoms with van der Waals surface area (Å²) >= 11 is 0. The Labute approximate surface area is 195 Å². The van der Waals surface area contributed by atoms with Crippen LogP contribution in [-0.4, -0.2) is 102 Å². The molecule has 13 heteroatoms. The zero-order chi connectivity index (χ0) is 24.5. The smallest absolute Gasteiger partial charge is 0.377 e. The van der Waals surface area contributed by atoms with E-state index >= 15 is 0 Å². The largest absolute Gasteiger partial charge is 0.500 e. The van der Waals surface area contributed by atoms with Gasteiger partial charge in [0.25, 0.3) is 0 Å². The minimum Gasteiger partial charge on any atom is -0.377 e.